The molecule has 0 unspecified atom stereocenters. The number of benzene rings is 7. The van der Waals surface area contributed by atoms with Gasteiger partial charge in [-0.3, -0.25) is 4.98 Å². The van der Waals surface area contributed by atoms with Gasteiger partial charge in [0.05, 0.1) is 11.0 Å². The summed E-state index contributed by atoms with van der Waals surface area (Å²) >= 11 is 0. The first-order chi connectivity index (χ1) is 24.3. The van der Waals surface area contributed by atoms with Crippen LogP contribution in [0.1, 0.15) is 0 Å². The number of hydrogen-bond donors (Lipinski definition) is 0. The minimum absolute atomic E-state index is 0.859. The Morgan fingerprint density at radius 1 is 0.469 bits per heavy atom. The maximum atomic E-state index is 6.32. The first-order valence-corrected chi connectivity index (χ1v) is 16.5. The summed E-state index contributed by atoms with van der Waals surface area (Å²) < 4.78 is 8.73. The molecule has 0 aliphatic rings. The number of anilines is 3. The van der Waals surface area contributed by atoms with Crippen molar-refractivity contribution in [2.45, 2.75) is 0 Å². The normalized spacial score (nSPS) is 11.7. The largest absolute Gasteiger partial charge is 0.455 e. The third-order valence-electron chi connectivity index (χ3n) is 9.66. The van der Waals surface area contributed by atoms with Gasteiger partial charge < -0.3 is 13.9 Å². The van der Waals surface area contributed by atoms with Crippen molar-refractivity contribution in [3.8, 4) is 16.8 Å². The lowest BCUT2D eigenvalue weighted by molar-refractivity contribution is 0.669. The van der Waals surface area contributed by atoms with Crippen LogP contribution in [0.25, 0.3) is 71.3 Å². The zero-order valence-corrected chi connectivity index (χ0v) is 26.5. The van der Waals surface area contributed by atoms with Crippen LogP contribution in [-0.2, 0) is 0 Å². The summed E-state index contributed by atoms with van der Waals surface area (Å²) in [6, 6.07) is 58.1. The number of fused-ring (bicyclic) bond motifs is 8. The molecule has 0 N–H and O–H groups in total. The summed E-state index contributed by atoms with van der Waals surface area (Å²) in [6.07, 6.45) is 3.78. The molecule has 230 valence electrons. The van der Waals surface area contributed by atoms with Crippen molar-refractivity contribution >= 4 is 71.6 Å². The van der Waals surface area contributed by atoms with Crippen LogP contribution in [0.3, 0.4) is 0 Å². The van der Waals surface area contributed by atoms with E-state index >= 15 is 0 Å². The van der Waals surface area contributed by atoms with E-state index in [0.717, 1.165) is 55.8 Å². The van der Waals surface area contributed by atoms with Gasteiger partial charge >= 0.3 is 0 Å². The van der Waals surface area contributed by atoms with E-state index in [-0.39, 0.29) is 0 Å². The zero-order chi connectivity index (χ0) is 32.3. The van der Waals surface area contributed by atoms with Gasteiger partial charge in [0.2, 0.25) is 0 Å². The highest BCUT2D eigenvalue weighted by Crippen LogP contribution is 2.40. The molecule has 4 nitrogen and oxygen atoms in total. The highest BCUT2D eigenvalue weighted by Gasteiger charge is 2.18. The van der Waals surface area contributed by atoms with Gasteiger partial charge in [-0.15, -0.1) is 0 Å². The first kappa shape index (κ1) is 27.5. The van der Waals surface area contributed by atoms with Gasteiger partial charge in [0, 0.05) is 67.6 Å². The lowest BCUT2D eigenvalue weighted by atomic mass is 10.0. The second-order valence-electron chi connectivity index (χ2n) is 12.4. The van der Waals surface area contributed by atoms with Gasteiger partial charge in [-0.25, -0.2) is 0 Å². The summed E-state index contributed by atoms with van der Waals surface area (Å²) in [5.74, 6) is 0. The predicted molar refractivity (Wildman–Crippen MR) is 203 cm³/mol. The average Bonchev–Trinajstić information content (AvgIpc) is 3.72. The molecule has 10 aromatic rings. The van der Waals surface area contributed by atoms with E-state index in [1.807, 2.05) is 30.6 Å². The van der Waals surface area contributed by atoms with Crippen LogP contribution in [0.4, 0.5) is 17.1 Å². The molecule has 7 aromatic carbocycles. The number of furan rings is 1. The van der Waals surface area contributed by atoms with E-state index in [2.05, 4.69) is 160 Å². The van der Waals surface area contributed by atoms with Gasteiger partial charge in [0.1, 0.15) is 11.2 Å². The molecule has 0 saturated carbocycles. The lowest BCUT2D eigenvalue weighted by Crippen LogP contribution is -2.10. The molecule has 0 bridgehead atoms. The van der Waals surface area contributed by atoms with Crippen molar-refractivity contribution < 1.29 is 4.42 Å². The molecular weight excluding hydrogens is 599 g/mol. The topological polar surface area (TPSA) is 34.2 Å². The molecule has 49 heavy (non-hydrogen) atoms. The smallest absolute Gasteiger partial charge is 0.146 e. The summed E-state index contributed by atoms with van der Waals surface area (Å²) in [7, 11) is 0. The standard InChI is InChI=1S/C45H29N3O/c1-2-11-32(12-3-1)47(33-21-18-31(19-22-33)40-28-46-29-41-38-15-7-9-17-43(38)49-45(40)41)34-23-25-35(26-24-34)48-42-16-8-6-14-37(42)39-27-20-30-10-4-5-13-36(30)44(39)48/h1-29H. The number of hydrogen-bond acceptors (Lipinski definition) is 3. The number of pyridine rings is 1. The van der Waals surface area contributed by atoms with Crippen LogP contribution >= 0.6 is 0 Å². The Labute approximate surface area is 282 Å². The van der Waals surface area contributed by atoms with Crippen molar-refractivity contribution in [3.63, 3.8) is 0 Å². The molecule has 3 aromatic heterocycles. The van der Waals surface area contributed by atoms with Gasteiger partial charge in [-0.05, 0) is 71.6 Å². The van der Waals surface area contributed by atoms with E-state index in [4.69, 9.17) is 4.42 Å². The quantitative estimate of drug-likeness (QED) is 0.190. The van der Waals surface area contributed by atoms with Crippen molar-refractivity contribution in [1.29, 1.82) is 0 Å². The summed E-state index contributed by atoms with van der Waals surface area (Å²) in [5.41, 5.74) is 10.6. The number of rotatable bonds is 5. The van der Waals surface area contributed by atoms with E-state index in [9.17, 15) is 0 Å². The molecule has 0 aliphatic carbocycles. The van der Waals surface area contributed by atoms with Crippen LogP contribution in [0.2, 0.25) is 0 Å². The molecule has 3 heterocycles. The first-order valence-electron chi connectivity index (χ1n) is 16.5. The second kappa shape index (κ2) is 11.0. The lowest BCUT2D eigenvalue weighted by Gasteiger charge is -2.26. The Hall–Kier alpha value is -6.65. The molecule has 0 atom stereocenters. The monoisotopic (exact) mass is 627 g/mol. The molecule has 10 rings (SSSR count). The molecule has 0 radical (unpaired) electrons. The van der Waals surface area contributed by atoms with E-state index < -0.39 is 0 Å². The molecular formula is C45H29N3O. The fourth-order valence-corrected chi connectivity index (χ4v) is 7.41. The van der Waals surface area contributed by atoms with E-state index in [1.165, 1.54) is 32.6 Å². The summed E-state index contributed by atoms with van der Waals surface area (Å²) in [6.45, 7) is 0. The average molecular weight is 628 g/mol. The minimum Gasteiger partial charge on any atom is -0.455 e. The molecule has 0 aliphatic heterocycles. The Bertz CT molecular complexity index is 2810. The molecule has 0 fully saturated rings. The Kier molecular flexibility index (Phi) is 6.15. The highest BCUT2D eigenvalue weighted by molar-refractivity contribution is 6.18. The Balaban J connectivity index is 1.08. The van der Waals surface area contributed by atoms with Gasteiger partial charge in [-0.1, -0.05) is 103 Å². The second-order valence-corrected chi connectivity index (χ2v) is 12.4. The van der Waals surface area contributed by atoms with Crippen LogP contribution in [-0.4, -0.2) is 9.55 Å². The van der Waals surface area contributed by atoms with Crippen LogP contribution in [0.15, 0.2) is 181 Å². The number of para-hydroxylation sites is 3. The van der Waals surface area contributed by atoms with E-state index in [0.29, 0.717) is 0 Å². The Morgan fingerprint density at radius 3 is 1.94 bits per heavy atom. The predicted octanol–water partition coefficient (Wildman–Crippen LogP) is 12.4. The van der Waals surface area contributed by atoms with Crippen LogP contribution < -0.4 is 4.90 Å². The highest BCUT2D eigenvalue weighted by atomic mass is 16.3. The fraction of sp³-hybridized carbons (Fsp3) is 0. The third kappa shape index (κ3) is 4.35. The molecule has 0 amide bonds. The summed E-state index contributed by atoms with van der Waals surface area (Å²) in [4.78, 5) is 6.88. The van der Waals surface area contributed by atoms with Gasteiger partial charge in [-0.2, -0.15) is 0 Å². The van der Waals surface area contributed by atoms with E-state index in [1.54, 1.807) is 0 Å². The van der Waals surface area contributed by atoms with Gasteiger partial charge in [0.25, 0.3) is 0 Å². The van der Waals surface area contributed by atoms with Crippen LogP contribution in [0.5, 0.6) is 0 Å². The number of aromatic nitrogens is 2. The molecule has 0 saturated heterocycles. The maximum absolute atomic E-state index is 6.32. The molecule has 4 heteroatoms. The van der Waals surface area contributed by atoms with Crippen molar-refractivity contribution in [2.75, 3.05) is 4.90 Å². The van der Waals surface area contributed by atoms with Crippen molar-refractivity contribution in [1.82, 2.24) is 9.55 Å². The SMILES string of the molecule is c1ccc(N(c2ccc(-c3cncc4c3oc3ccccc34)cc2)c2ccc(-n3c4ccccc4c4ccc5ccccc5c43)cc2)cc1. The minimum atomic E-state index is 0.859. The third-order valence-corrected chi connectivity index (χ3v) is 9.66. The Morgan fingerprint density at radius 2 is 1.12 bits per heavy atom. The molecule has 0 spiro atoms. The zero-order valence-electron chi connectivity index (χ0n) is 26.5. The fourth-order valence-electron chi connectivity index (χ4n) is 7.41. The summed E-state index contributed by atoms with van der Waals surface area (Å²) in [5, 5.41) is 7.11. The maximum Gasteiger partial charge on any atom is 0.146 e. The van der Waals surface area contributed by atoms with Crippen molar-refractivity contribution in [2.24, 2.45) is 0 Å². The van der Waals surface area contributed by atoms with Gasteiger partial charge in [0.15, 0.2) is 0 Å². The van der Waals surface area contributed by atoms with Crippen molar-refractivity contribution in [3.05, 3.63) is 176 Å². The van der Waals surface area contributed by atoms with Crippen LogP contribution in [0, 0.1) is 0 Å². The number of nitrogens with zero attached hydrogens (tertiary/aromatic N) is 3.